The Morgan fingerprint density at radius 2 is 1.54 bits per heavy atom. The van der Waals surface area contributed by atoms with Gasteiger partial charge < -0.3 is 37.5 Å². The predicted molar refractivity (Wildman–Crippen MR) is 207 cm³/mol. The first-order chi connectivity index (χ1) is 25.8. The number of urea groups is 1. The molecule has 8 N–H and O–H groups in total. The first kappa shape index (κ1) is 44.1. The van der Waals surface area contributed by atoms with Gasteiger partial charge in [0.2, 0.25) is 29.5 Å². The highest BCUT2D eigenvalue weighted by atomic mass is 32.2. The van der Waals surface area contributed by atoms with Crippen LogP contribution in [-0.2, 0) is 35.3 Å². The lowest BCUT2D eigenvalue weighted by molar-refractivity contribution is -0.138. The van der Waals surface area contributed by atoms with Gasteiger partial charge in [-0.3, -0.25) is 28.9 Å². The van der Waals surface area contributed by atoms with Gasteiger partial charge in [0.1, 0.15) is 18.7 Å². The zero-order chi connectivity index (χ0) is 39.5. The summed E-state index contributed by atoms with van der Waals surface area (Å²) >= 11 is 1.69. The molecule has 3 atom stereocenters. The molecule has 1 aliphatic carbocycles. The van der Waals surface area contributed by atoms with Gasteiger partial charge in [-0.05, 0) is 62.1 Å². The summed E-state index contributed by atoms with van der Waals surface area (Å²) in [7, 11) is 0. The Bertz CT molecular complexity index is 1420. The van der Waals surface area contributed by atoms with E-state index < -0.39 is 36.0 Å². The average molecular weight is 774 g/mol. The monoisotopic (exact) mass is 773 g/mol. The third-order valence-electron chi connectivity index (χ3n) is 9.62. The maximum Gasteiger partial charge on any atom is 0.404 e. The molecule has 1 unspecified atom stereocenters. The Kier molecular flexibility index (Phi) is 19.1. The zero-order valence-electron chi connectivity index (χ0n) is 31.7. The molecule has 1 aromatic carbocycles. The van der Waals surface area contributed by atoms with Crippen molar-refractivity contribution in [2.75, 3.05) is 18.4 Å². The van der Waals surface area contributed by atoms with E-state index in [2.05, 4.69) is 21.3 Å². The van der Waals surface area contributed by atoms with Crippen LogP contribution in [0.3, 0.4) is 0 Å². The third-order valence-corrected chi connectivity index (χ3v) is 11.2. The van der Waals surface area contributed by atoms with Gasteiger partial charge in [0.15, 0.2) is 0 Å². The fraction of sp³-hybridized carbons (Fsp3) is 0.658. The Morgan fingerprint density at radius 1 is 0.870 bits per heavy atom. The van der Waals surface area contributed by atoms with Crippen molar-refractivity contribution in [3.63, 3.8) is 0 Å². The molecule has 15 nitrogen and oxygen atoms in total. The van der Waals surface area contributed by atoms with E-state index in [1.165, 1.54) is 43.4 Å². The highest BCUT2D eigenvalue weighted by molar-refractivity contribution is 8.01. The standard InChI is InChI=1S/C38H59N7O8S/c1-25(2)33(35(49)43-29(15-12-21-41-37(39)51)34(48)42-27-19-17-26(18-20-27)24-53-38(40)52)44-31(46)16-10-7-11-22-45-32(47)23-30(36(45)50)54-28-13-8-5-3-4-6-9-14-28/h17-20,25,28-30,33H,3-16,21-24H2,1-2H3,(H2,40,52)(H,42,48)(H,43,49)(H,44,46)(H3,39,41,51)/t29-,30?,33-/m0/s1. The van der Waals surface area contributed by atoms with Crippen molar-refractivity contribution in [3.05, 3.63) is 29.8 Å². The molecule has 1 aromatic rings. The number of thioether (sulfide) groups is 1. The number of nitrogens with two attached hydrogens (primary N) is 2. The number of nitrogens with zero attached hydrogens (tertiary/aromatic N) is 1. The van der Waals surface area contributed by atoms with Gasteiger partial charge >= 0.3 is 12.1 Å². The van der Waals surface area contributed by atoms with E-state index in [4.69, 9.17) is 16.2 Å². The molecule has 2 aliphatic rings. The highest BCUT2D eigenvalue weighted by Gasteiger charge is 2.39. The summed E-state index contributed by atoms with van der Waals surface area (Å²) < 4.78 is 4.77. The fourth-order valence-electron chi connectivity index (χ4n) is 6.59. The summed E-state index contributed by atoms with van der Waals surface area (Å²) in [5.74, 6) is -1.87. The number of benzene rings is 1. The fourth-order valence-corrected chi connectivity index (χ4v) is 8.14. The van der Waals surface area contributed by atoms with E-state index in [1.807, 2.05) is 0 Å². The number of hydrogen-bond donors (Lipinski definition) is 6. The zero-order valence-corrected chi connectivity index (χ0v) is 32.5. The van der Waals surface area contributed by atoms with Crippen LogP contribution in [0.25, 0.3) is 0 Å². The molecule has 16 heteroatoms. The number of carbonyl (C=O) groups excluding carboxylic acids is 7. The molecule has 0 aromatic heterocycles. The number of unbranched alkanes of at least 4 members (excludes halogenated alkanes) is 2. The molecule has 1 aliphatic heterocycles. The molecule has 0 radical (unpaired) electrons. The normalized spacial score (nSPS) is 17.8. The molecule has 54 heavy (non-hydrogen) atoms. The van der Waals surface area contributed by atoms with E-state index in [1.54, 1.807) is 49.9 Å². The number of likely N-dealkylation sites (tertiary alicyclic amines) is 1. The van der Waals surface area contributed by atoms with Crippen LogP contribution in [0.4, 0.5) is 15.3 Å². The Balaban J connectivity index is 1.47. The van der Waals surface area contributed by atoms with Crippen LogP contribution in [0, 0.1) is 5.92 Å². The summed E-state index contributed by atoms with van der Waals surface area (Å²) in [5, 5.41) is 10.9. The number of rotatable bonds is 20. The Hall–Kier alpha value is -4.34. The van der Waals surface area contributed by atoms with E-state index >= 15 is 0 Å². The van der Waals surface area contributed by atoms with Gasteiger partial charge in [-0.15, -0.1) is 11.8 Å². The molecule has 1 saturated heterocycles. The highest BCUT2D eigenvalue weighted by Crippen LogP contribution is 2.34. The van der Waals surface area contributed by atoms with Gasteiger partial charge in [0.05, 0.1) is 5.25 Å². The minimum atomic E-state index is -1.00. The molecule has 0 spiro atoms. The van der Waals surface area contributed by atoms with Crippen molar-refractivity contribution in [2.45, 2.75) is 139 Å². The summed E-state index contributed by atoms with van der Waals surface area (Å²) in [6.07, 6.45) is 11.3. The number of imide groups is 1. The van der Waals surface area contributed by atoms with Crippen molar-refractivity contribution in [2.24, 2.45) is 17.4 Å². The van der Waals surface area contributed by atoms with Gasteiger partial charge in [-0.2, -0.15) is 0 Å². The van der Waals surface area contributed by atoms with Crippen LogP contribution >= 0.6 is 11.8 Å². The first-order valence-electron chi connectivity index (χ1n) is 19.3. The van der Waals surface area contributed by atoms with E-state index in [-0.39, 0.29) is 61.3 Å². The van der Waals surface area contributed by atoms with Crippen molar-refractivity contribution >= 4 is 59.1 Å². The van der Waals surface area contributed by atoms with E-state index in [0.29, 0.717) is 48.7 Å². The van der Waals surface area contributed by atoms with Crippen LogP contribution in [0.2, 0.25) is 0 Å². The summed E-state index contributed by atoms with van der Waals surface area (Å²) in [4.78, 5) is 89.0. The molecule has 300 valence electrons. The van der Waals surface area contributed by atoms with Crippen molar-refractivity contribution in [3.8, 4) is 0 Å². The lowest BCUT2D eigenvalue weighted by Crippen LogP contribution is -2.54. The molecule has 2 fully saturated rings. The second-order valence-electron chi connectivity index (χ2n) is 14.4. The smallest absolute Gasteiger partial charge is 0.404 e. The maximum absolute atomic E-state index is 13.5. The number of nitrogens with one attached hydrogen (secondary N) is 4. The topological polar surface area (TPSA) is 232 Å². The number of anilines is 1. The number of ether oxygens (including phenoxy) is 1. The third kappa shape index (κ3) is 15.9. The van der Waals surface area contributed by atoms with Gasteiger partial charge in [0, 0.05) is 36.9 Å². The lowest BCUT2D eigenvalue weighted by atomic mass is 10.0. The van der Waals surface area contributed by atoms with Gasteiger partial charge in [-0.25, -0.2) is 9.59 Å². The molecule has 0 bridgehead atoms. The van der Waals surface area contributed by atoms with Crippen molar-refractivity contribution < 1.29 is 38.3 Å². The number of hydrogen-bond acceptors (Lipinski definition) is 9. The molecule has 1 heterocycles. The summed E-state index contributed by atoms with van der Waals surface area (Å²) in [5.41, 5.74) is 11.2. The van der Waals surface area contributed by atoms with Crippen molar-refractivity contribution in [1.29, 1.82) is 0 Å². The second-order valence-corrected chi connectivity index (χ2v) is 15.9. The quantitative estimate of drug-likeness (QED) is 0.0822. The van der Waals surface area contributed by atoms with E-state index in [0.717, 1.165) is 12.8 Å². The average Bonchev–Trinajstić information content (AvgIpc) is 3.46. The van der Waals surface area contributed by atoms with Gasteiger partial charge in [-0.1, -0.05) is 70.9 Å². The van der Waals surface area contributed by atoms with Crippen LogP contribution in [0.15, 0.2) is 24.3 Å². The van der Waals surface area contributed by atoms with Crippen LogP contribution in [0.5, 0.6) is 0 Å². The number of amides is 8. The second kappa shape index (κ2) is 23.4. The molecular weight excluding hydrogens is 715 g/mol. The molecule has 8 amide bonds. The Morgan fingerprint density at radius 3 is 2.17 bits per heavy atom. The predicted octanol–water partition coefficient (Wildman–Crippen LogP) is 4.22. The molecule has 1 saturated carbocycles. The minimum Gasteiger partial charge on any atom is -0.445 e. The maximum atomic E-state index is 13.5. The van der Waals surface area contributed by atoms with Crippen LogP contribution in [-0.4, -0.2) is 82.2 Å². The molecular formula is C38H59N7O8S. The summed E-state index contributed by atoms with van der Waals surface area (Å²) in [6.45, 7) is 4.07. The van der Waals surface area contributed by atoms with Crippen LogP contribution in [0.1, 0.15) is 116 Å². The van der Waals surface area contributed by atoms with Crippen LogP contribution < -0.4 is 32.7 Å². The van der Waals surface area contributed by atoms with E-state index in [9.17, 15) is 33.6 Å². The molecule has 3 rings (SSSR count). The lowest BCUT2D eigenvalue weighted by Gasteiger charge is -2.25. The largest absolute Gasteiger partial charge is 0.445 e. The minimum absolute atomic E-state index is 0.0297. The Labute approximate surface area is 322 Å². The van der Waals surface area contributed by atoms with Gasteiger partial charge in [0.25, 0.3) is 0 Å². The summed E-state index contributed by atoms with van der Waals surface area (Å²) in [6, 6.07) is 3.89. The van der Waals surface area contributed by atoms with Crippen molar-refractivity contribution in [1.82, 2.24) is 20.9 Å². The first-order valence-corrected chi connectivity index (χ1v) is 20.2. The number of carbonyl (C=O) groups is 7. The number of primary amides is 2. The SMILES string of the molecule is CC(C)[C@H](NC(=O)CCCCCN1C(=O)CC(SC2CCCCCCCC2)C1=O)C(=O)N[C@@H](CCCNC(N)=O)C(=O)Nc1ccc(COC(N)=O)cc1.